The fraction of sp³-hybridized carbons (Fsp3) is 0.462. The Hall–Kier alpha value is -1.64. The molecule has 1 heterocycles. The van der Waals surface area contributed by atoms with Crippen LogP contribution in [0.2, 0.25) is 0 Å². The van der Waals surface area contributed by atoms with E-state index in [2.05, 4.69) is 15.0 Å². The molecule has 1 atom stereocenters. The highest BCUT2D eigenvalue weighted by atomic mass is 32.2. The van der Waals surface area contributed by atoms with E-state index in [1.54, 1.807) is 12.1 Å². The van der Waals surface area contributed by atoms with Gasteiger partial charge in [0.25, 0.3) is 10.0 Å². The Balaban J connectivity index is 2.08. The SMILES string of the molecule is O=S(=O)(NC1=NCCC1)c1cccc(NCC(O)CO)c1. The topological polar surface area (TPSA) is 111 Å². The average molecular weight is 313 g/mol. The molecule has 0 radical (unpaired) electrons. The molecule has 1 aromatic rings. The summed E-state index contributed by atoms with van der Waals surface area (Å²) in [5.41, 5.74) is 0.554. The Morgan fingerprint density at radius 3 is 2.86 bits per heavy atom. The highest BCUT2D eigenvalue weighted by Gasteiger charge is 2.18. The van der Waals surface area contributed by atoms with Crippen molar-refractivity contribution in [2.45, 2.75) is 23.8 Å². The summed E-state index contributed by atoms with van der Waals surface area (Å²) in [7, 11) is -3.64. The maximum Gasteiger partial charge on any atom is 0.262 e. The lowest BCUT2D eigenvalue weighted by Gasteiger charge is -2.12. The number of aliphatic hydroxyl groups excluding tert-OH is 2. The zero-order valence-corrected chi connectivity index (χ0v) is 12.3. The lowest BCUT2D eigenvalue weighted by Crippen LogP contribution is -2.29. The third-order valence-electron chi connectivity index (χ3n) is 3.02. The summed E-state index contributed by atoms with van der Waals surface area (Å²) in [5.74, 6) is 0.490. The van der Waals surface area contributed by atoms with Crippen molar-refractivity contribution in [2.75, 3.05) is 25.0 Å². The van der Waals surface area contributed by atoms with E-state index in [1.165, 1.54) is 12.1 Å². The molecule has 0 aromatic heterocycles. The van der Waals surface area contributed by atoms with Gasteiger partial charge in [-0.2, -0.15) is 0 Å². The maximum absolute atomic E-state index is 12.2. The van der Waals surface area contributed by atoms with Crippen LogP contribution in [0.4, 0.5) is 5.69 Å². The molecular weight excluding hydrogens is 294 g/mol. The van der Waals surface area contributed by atoms with Gasteiger partial charge in [-0.3, -0.25) is 9.71 Å². The number of nitrogens with one attached hydrogen (secondary N) is 2. The van der Waals surface area contributed by atoms with Crippen LogP contribution in [0, 0.1) is 0 Å². The highest BCUT2D eigenvalue weighted by molar-refractivity contribution is 7.90. The first-order valence-electron chi connectivity index (χ1n) is 6.70. The quantitative estimate of drug-likeness (QED) is 0.587. The van der Waals surface area contributed by atoms with Crippen LogP contribution in [0.5, 0.6) is 0 Å². The Morgan fingerprint density at radius 2 is 2.19 bits per heavy atom. The van der Waals surface area contributed by atoms with Crippen LogP contribution >= 0.6 is 0 Å². The number of aliphatic imine (C=N–C) groups is 1. The lowest BCUT2D eigenvalue weighted by molar-refractivity contribution is 0.105. The van der Waals surface area contributed by atoms with Gasteiger partial charge in [-0.25, -0.2) is 8.42 Å². The molecule has 0 spiro atoms. The number of amidine groups is 1. The number of nitrogens with zero attached hydrogens (tertiary/aromatic N) is 1. The minimum absolute atomic E-state index is 0.126. The van der Waals surface area contributed by atoms with E-state index in [9.17, 15) is 13.5 Å². The Kier molecular flexibility index (Phi) is 5.16. The smallest absolute Gasteiger partial charge is 0.262 e. The van der Waals surface area contributed by atoms with E-state index >= 15 is 0 Å². The predicted octanol–water partition coefficient (Wildman–Crippen LogP) is -0.0777. The van der Waals surface area contributed by atoms with Gasteiger partial charge < -0.3 is 15.5 Å². The maximum atomic E-state index is 12.2. The molecule has 8 heteroatoms. The minimum Gasteiger partial charge on any atom is -0.394 e. The second-order valence-corrected chi connectivity index (χ2v) is 6.46. The van der Waals surface area contributed by atoms with Gasteiger partial charge in [0, 0.05) is 25.2 Å². The Bertz CT molecular complexity index is 616. The summed E-state index contributed by atoms with van der Waals surface area (Å²) >= 11 is 0. The minimum atomic E-state index is -3.64. The first-order chi connectivity index (χ1) is 10.0. The normalized spacial score (nSPS) is 16.4. The second-order valence-electron chi connectivity index (χ2n) is 4.78. The number of anilines is 1. The van der Waals surface area contributed by atoms with Crippen molar-refractivity contribution in [1.29, 1.82) is 0 Å². The predicted molar refractivity (Wildman–Crippen MR) is 79.9 cm³/mol. The molecule has 0 saturated carbocycles. The van der Waals surface area contributed by atoms with Crippen LogP contribution in [0.3, 0.4) is 0 Å². The van der Waals surface area contributed by atoms with Crippen LogP contribution in [0.25, 0.3) is 0 Å². The largest absolute Gasteiger partial charge is 0.394 e. The summed E-state index contributed by atoms with van der Waals surface area (Å²) in [5, 5.41) is 20.9. The second kappa shape index (κ2) is 6.88. The summed E-state index contributed by atoms with van der Waals surface area (Å²) in [6, 6.07) is 6.27. The van der Waals surface area contributed by atoms with Gasteiger partial charge in [-0.1, -0.05) is 6.07 Å². The number of hydrogen-bond acceptors (Lipinski definition) is 6. The molecule has 1 aromatic carbocycles. The monoisotopic (exact) mass is 313 g/mol. The van der Waals surface area contributed by atoms with Crippen LogP contribution in [-0.4, -0.2) is 50.3 Å². The molecule has 7 nitrogen and oxygen atoms in total. The molecular formula is C13H19N3O4S. The number of benzene rings is 1. The number of rotatable bonds is 6. The van der Waals surface area contributed by atoms with Crippen LogP contribution in [-0.2, 0) is 10.0 Å². The van der Waals surface area contributed by atoms with Gasteiger partial charge in [0.1, 0.15) is 5.84 Å². The number of aliphatic hydroxyl groups is 2. The Morgan fingerprint density at radius 1 is 1.38 bits per heavy atom. The first-order valence-corrected chi connectivity index (χ1v) is 8.18. The van der Waals surface area contributed by atoms with Gasteiger partial charge in [0.2, 0.25) is 0 Å². The van der Waals surface area contributed by atoms with Gasteiger partial charge in [0.15, 0.2) is 0 Å². The molecule has 0 aliphatic carbocycles. The lowest BCUT2D eigenvalue weighted by atomic mass is 10.3. The van der Waals surface area contributed by atoms with Gasteiger partial charge in [-0.05, 0) is 24.6 Å². The standard InChI is InChI=1S/C13H19N3O4S/c17-9-11(18)8-15-10-3-1-4-12(7-10)21(19,20)16-13-5-2-6-14-13/h1,3-4,7,11,15,17-18H,2,5-6,8-9H2,(H,14,16). The summed E-state index contributed by atoms with van der Waals surface area (Å²) in [6.07, 6.45) is 0.606. The summed E-state index contributed by atoms with van der Waals surface area (Å²) in [4.78, 5) is 4.21. The van der Waals surface area contributed by atoms with Crippen molar-refractivity contribution in [3.8, 4) is 0 Å². The zero-order valence-electron chi connectivity index (χ0n) is 11.5. The van der Waals surface area contributed by atoms with Gasteiger partial charge in [0.05, 0.1) is 17.6 Å². The third kappa shape index (κ3) is 4.42. The molecule has 1 aliphatic heterocycles. The van der Waals surface area contributed by atoms with Crippen molar-refractivity contribution < 1.29 is 18.6 Å². The molecule has 1 aliphatic rings. The van der Waals surface area contributed by atoms with E-state index in [0.29, 0.717) is 24.5 Å². The van der Waals surface area contributed by atoms with E-state index in [4.69, 9.17) is 5.11 Å². The van der Waals surface area contributed by atoms with E-state index in [0.717, 1.165) is 6.42 Å². The van der Waals surface area contributed by atoms with Crippen LogP contribution in [0.15, 0.2) is 34.2 Å². The molecule has 0 fully saturated rings. The Labute approximate surface area is 123 Å². The van der Waals surface area contributed by atoms with Crippen LogP contribution < -0.4 is 10.0 Å². The van der Waals surface area contributed by atoms with E-state index in [1.807, 2.05) is 0 Å². The van der Waals surface area contributed by atoms with Crippen molar-refractivity contribution in [3.63, 3.8) is 0 Å². The van der Waals surface area contributed by atoms with Crippen molar-refractivity contribution in [3.05, 3.63) is 24.3 Å². The third-order valence-corrected chi connectivity index (χ3v) is 4.40. The zero-order chi connectivity index (χ0) is 15.3. The molecule has 0 bridgehead atoms. The van der Waals surface area contributed by atoms with E-state index in [-0.39, 0.29) is 18.0 Å². The number of sulfonamides is 1. The number of hydrogen-bond donors (Lipinski definition) is 4. The van der Waals surface area contributed by atoms with E-state index < -0.39 is 16.1 Å². The molecule has 2 rings (SSSR count). The molecule has 1 unspecified atom stereocenters. The van der Waals surface area contributed by atoms with Crippen molar-refractivity contribution >= 4 is 21.5 Å². The molecule has 0 saturated heterocycles. The highest BCUT2D eigenvalue weighted by Crippen LogP contribution is 2.16. The fourth-order valence-electron chi connectivity index (χ4n) is 1.91. The summed E-state index contributed by atoms with van der Waals surface area (Å²) < 4.78 is 26.9. The van der Waals surface area contributed by atoms with Crippen molar-refractivity contribution in [1.82, 2.24) is 4.72 Å². The molecule has 21 heavy (non-hydrogen) atoms. The molecule has 116 valence electrons. The van der Waals surface area contributed by atoms with Gasteiger partial charge in [-0.15, -0.1) is 0 Å². The average Bonchev–Trinajstić information content (AvgIpc) is 2.97. The van der Waals surface area contributed by atoms with Gasteiger partial charge >= 0.3 is 0 Å². The first kappa shape index (κ1) is 15.7. The van der Waals surface area contributed by atoms with Crippen molar-refractivity contribution in [2.24, 2.45) is 4.99 Å². The molecule has 0 amide bonds. The fourth-order valence-corrected chi connectivity index (χ4v) is 3.04. The van der Waals surface area contributed by atoms with Crippen LogP contribution in [0.1, 0.15) is 12.8 Å². The summed E-state index contributed by atoms with van der Waals surface area (Å²) in [6.45, 7) is 0.436. The molecule has 4 N–H and O–H groups in total.